The first-order valence-electron chi connectivity index (χ1n) is 16.8. The van der Waals surface area contributed by atoms with Gasteiger partial charge in [-0.3, -0.25) is 4.57 Å². The molecule has 0 aliphatic rings. The molecule has 0 aliphatic carbocycles. The van der Waals surface area contributed by atoms with Gasteiger partial charge in [0.15, 0.2) is 0 Å². The lowest BCUT2D eigenvalue weighted by Crippen LogP contribution is -1.99. The summed E-state index contributed by atoms with van der Waals surface area (Å²) in [6.07, 6.45) is 0. The summed E-state index contributed by atoms with van der Waals surface area (Å²) < 4.78 is 2.39. The summed E-state index contributed by atoms with van der Waals surface area (Å²) in [6.45, 7) is 0. The predicted molar refractivity (Wildman–Crippen MR) is 207 cm³/mol. The van der Waals surface area contributed by atoms with E-state index in [9.17, 15) is 0 Å². The molecule has 0 saturated heterocycles. The number of para-hydroxylation sites is 1. The van der Waals surface area contributed by atoms with Crippen LogP contribution in [-0.4, -0.2) is 9.55 Å². The van der Waals surface area contributed by atoms with Crippen molar-refractivity contribution in [3.05, 3.63) is 182 Å². The van der Waals surface area contributed by atoms with Gasteiger partial charge in [-0.05, 0) is 84.5 Å². The molecule has 1 heterocycles. The summed E-state index contributed by atoms with van der Waals surface area (Å²) in [5.41, 5.74) is 8.92. The summed E-state index contributed by atoms with van der Waals surface area (Å²) in [5, 5.41) is 9.70. The number of hydrogen-bond donors (Lipinski definition) is 0. The number of nitrogens with zero attached hydrogens (tertiary/aromatic N) is 2. The van der Waals surface area contributed by atoms with Crippen molar-refractivity contribution in [3.63, 3.8) is 0 Å². The summed E-state index contributed by atoms with van der Waals surface area (Å²) >= 11 is 0. The van der Waals surface area contributed by atoms with E-state index >= 15 is 0 Å². The normalized spacial score (nSPS) is 11.7. The predicted octanol–water partition coefficient (Wildman–Crippen LogP) is 12.6. The maximum Gasteiger partial charge on any atom is 0.145 e. The van der Waals surface area contributed by atoms with E-state index in [-0.39, 0.29) is 0 Å². The minimum atomic E-state index is 0.923. The van der Waals surface area contributed by atoms with Crippen molar-refractivity contribution in [2.75, 3.05) is 0 Å². The number of rotatable bonds is 4. The molecule has 2 nitrogen and oxygen atoms in total. The SMILES string of the molecule is c1ccc(-n2c(-c3ccc4ccccc4c3)nc3c(-c4ccc5ccccc5c4)c4ccccc4c(-c4ccc5ccccc5c4)c32)cc1. The van der Waals surface area contributed by atoms with Crippen molar-refractivity contribution in [3.8, 4) is 39.3 Å². The number of fused-ring (bicyclic) bond motifs is 5. The molecule has 0 atom stereocenters. The molecule has 49 heavy (non-hydrogen) atoms. The largest absolute Gasteiger partial charge is 0.292 e. The molecule has 0 aliphatic heterocycles. The van der Waals surface area contributed by atoms with Crippen LogP contribution in [0.15, 0.2) is 182 Å². The first-order chi connectivity index (χ1) is 24.3. The topological polar surface area (TPSA) is 17.8 Å². The second-order valence-electron chi connectivity index (χ2n) is 12.8. The Bertz CT molecular complexity index is 2880. The Morgan fingerprint density at radius 2 is 0.776 bits per heavy atom. The van der Waals surface area contributed by atoms with Crippen molar-refractivity contribution < 1.29 is 0 Å². The first kappa shape index (κ1) is 27.6. The van der Waals surface area contributed by atoms with Gasteiger partial charge >= 0.3 is 0 Å². The fourth-order valence-corrected chi connectivity index (χ4v) is 7.62. The van der Waals surface area contributed by atoms with Crippen LogP contribution >= 0.6 is 0 Å². The van der Waals surface area contributed by atoms with Gasteiger partial charge < -0.3 is 0 Å². The van der Waals surface area contributed by atoms with Crippen LogP contribution in [-0.2, 0) is 0 Å². The van der Waals surface area contributed by atoms with Crippen molar-refractivity contribution in [1.29, 1.82) is 0 Å². The second kappa shape index (κ2) is 11.0. The van der Waals surface area contributed by atoms with E-state index in [1.807, 2.05) is 0 Å². The number of aromatic nitrogens is 2. The standard InChI is InChI=1S/C47H30N2/c1-2-18-40(19-3-1)49-46-44(38-26-23-32-13-5-8-16-35(32)29-38)42-21-11-10-20-41(42)43(37-25-22-31-12-4-7-15-34(31)28-37)45(46)48-47(49)39-27-24-33-14-6-9-17-36(33)30-39/h1-30H. The van der Waals surface area contributed by atoms with Gasteiger partial charge in [-0.2, -0.15) is 0 Å². The fourth-order valence-electron chi connectivity index (χ4n) is 7.62. The summed E-state index contributed by atoms with van der Waals surface area (Å²) in [4.78, 5) is 5.68. The molecule has 10 rings (SSSR count). The lowest BCUT2D eigenvalue weighted by molar-refractivity contribution is 1.10. The Morgan fingerprint density at radius 3 is 1.35 bits per heavy atom. The average molecular weight is 623 g/mol. The minimum Gasteiger partial charge on any atom is -0.292 e. The van der Waals surface area contributed by atoms with Crippen molar-refractivity contribution in [2.45, 2.75) is 0 Å². The molecule has 0 unspecified atom stereocenters. The van der Waals surface area contributed by atoms with Crippen LogP contribution in [0, 0.1) is 0 Å². The molecule has 2 heteroatoms. The van der Waals surface area contributed by atoms with Crippen LogP contribution in [0.2, 0.25) is 0 Å². The van der Waals surface area contributed by atoms with Gasteiger partial charge in [0.2, 0.25) is 0 Å². The summed E-state index contributed by atoms with van der Waals surface area (Å²) in [7, 11) is 0. The van der Waals surface area contributed by atoms with E-state index in [1.165, 1.54) is 54.2 Å². The van der Waals surface area contributed by atoms with Crippen LogP contribution < -0.4 is 0 Å². The molecule has 10 aromatic rings. The van der Waals surface area contributed by atoms with E-state index in [0.717, 1.165) is 39.2 Å². The Hall–Kier alpha value is -6.51. The van der Waals surface area contributed by atoms with E-state index in [1.54, 1.807) is 0 Å². The van der Waals surface area contributed by atoms with Gasteiger partial charge in [-0.25, -0.2) is 4.98 Å². The molecule has 228 valence electrons. The molecule has 0 N–H and O–H groups in total. The van der Waals surface area contributed by atoms with Gasteiger partial charge in [0.25, 0.3) is 0 Å². The van der Waals surface area contributed by atoms with Crippen molar-refractivity contribution in [2.24, 2.45) is 0 Å². The summed E-state index contributed by atoms with van der Waals surface area (Å²) in [5.74, 6) is 0.923. The average Bonchev–Trinajstić information content (AvgIpc) is 3.56. The Balaban J connectivity index is 1.41. The van der Waals surface area contributed by atoms with Gasteiger partial charge in [0, 0.05) is 22.4 Å². The minimum absolute atomic E-state index is 0.923. The van der Waals surface area contributed by atoms with E-state index < -0.39 is 0 Å². The molecular weight excluding hydrogens is 593 g/mol. The van der Waals surface area contributed by atoms with Gasteiger partial charge in [-0.15, -0.1) is 0 Å². The highest BCUT2D eigenvalue weighted by Crippen LogP contribution is 2.47. The van der Waals surface area contributed by atoms with Crippen LogP contribution in [0.25, 0.3) is 93.5 Å². The second-order valence-corrected chi connectivity index (χ2v) is 12.8. The van der Waals surface area contributed by atoms with E-state index in [0.29, 0.717) is 0 Å². The molecule has 0 radical (unpaired) electrons. The molecule has 1 aromatic heterocycles. The number of imidazole rings is 1. The molecule has 9 aromatic carbocycles. The third kappa shape index (κ3) is 4.46. The third-order valence-corrected chi connectivity index (χ3v) is 9.92. The zero-order chi connectivity index (χ0) is 32.3. The smallest absolute Gasteiger partial charge is 0.145 e. The maximum atomic E-state index is 5.68. The zero-order valence-corrected chi connectivity index (χ0v) is 26.7. The Kier molecular flexibility index (Phi) is 6.22. The lowest BCUT2D eigenvalue weighted by Gasteiger charge is -2.18. The van der Waals surface area contributed by atoms with Crippen molar-refractivity contribution in [1.82, 2.24) is 9.55 Å². The Labute approximate surface area is 284 Å². The maximum absolute atomic E-state index is 5.68. The fraction of sp³-hybridized carbons (Fsp3) is 0. The van der Waals surface area contributed by atoms with Gasteiger partial charge in [0.1, 0.15) is 5.82 Å². The highest BCUT2D eigenvalue weighted by molar-refractivity contribution is 6.21. The number of benzene rings is 9. The van der Waals surface area contributed by atoms with Crippen LogP contribution in [0.5, 0.6) is 0 Å². The number of hydrogen-bond acceptors (Lipinski definition) is 1. The molecule has 0 saturated carbocycles. The first-order valence-corrected chi connectivity index (χ1v) is 16.8. The molecule has 0 bridgehead atoms. The monoisotopic (exact) mass is 622 g/mol. The summed E-state index contributed by atoms with van der Waals surface area (Å²) in [6, 6.07) is 65.7. The molecular formula is C47H30N2. The molecule has 0 amide bonds. The zero-order valence-electron chi connectivity index (χ0n) is 26.7. The van der Waals surface area contributed by atoms with E-state index in [2.05, 4.69) is 187 Å². The quantitative estimate of drug-likeness (QED) is 0.191. The Morgan fingerprint density at radius 1 is 0.347 bits per heavy atom. The molecule has 0 fully saturated rings. The van der Waals surface area contributed by atoms with E-state index in [4.69, 9.17) is 4.98 Å². The van der Waals surface area contributed by atoms with Crippen LogP contribution in [0.4, 0.5) is 0 Å². The lowest BCUT2D eigenvalue weighted by atomic mass is 9.89. The van der Waals surface area contributed by atoms with Crippen LogP contribution in [0.3, 0.4) is 0 Å². The van der Waals surface area contributed by atoms with Crippen molar-refractivity contribution >= 4 is 54.1 Å². The van der Waals surface area contributed by atoms with Crippen LogP contribution in [0.1, 0.15) is 0 Å². The third-order valence-electron chi connectivity index (χ3n) is 9.92. The highest BCUT2D eigenvalue weighted by atomic mass is 15.1. The van der Waals surface area contributed by atoms with Gasteiger partial charge in [0.05, 0.1) is 11.0 Å². The van der Waals surface area contributed by atoms with Gasteiger partial charge in [-0.1, -0.05) is 152 Å². The molecule has 0 spiro atoms. The highest BCUT2D eigenvalue weighted by Gasteiger charge is 2.25.